The number of esters is 1. The molecule has 1 aromatic rings. The van der Waals surface area contributed by atoms with E-state index in [1.54, 1.807) is 44.3 Å². The number of nitrogens with zero attached hydrogens (tertiary/aromatic N) is 1. The lowest BCUT2D eigenvalue weighted by Crippen LogP contribution is -2.19. The Hall–Kier alpha value is -2.81. The molecule has 0 aliphatic carbocycles. The van der Waals surface area contributed by atoms with Gasteiger partial charge in [-0.2, -0.15) is 5.26 Å². The van der Waals surface area contributed by atoms with Gasteiger partial charge in [0.2, 0.25) is 5.91 Å². The summed E-state index contributed by atoms with van der Waals surface area (Å²) in [6.07, 6.45) is 1.60. The average molecular weight is 287 g/mol. The number of anilines is 1. The van der Waals surface area contributed by atoms with E-state index < -0.39 is 5.97 Å². The van der Waals surface area contributed by atoms with Crippen LogP contribution in [0.25, 0.3) is 0 Å². The van der Waals surface area contributed by atoms with Crippen molar-refractivity contribution >= 4 is 17.6 Å². The molecule has 0 spiro atoms. The molecule has 110 valence electrons. The Balaban J connectivity index is 2.69. The minimum Gasteiger partial charge on any atom is -0.462 e. The van der Waals surface area contributed by atoms with Gasteiger partial charge in [0.15, 0.2) is 5.57 Å². The Bertz CT molecular complexity index is 571. The van der Waals surface area contributed by atoms with E-state index in [4.69, 9.17) is 10.00 Å². The first kappa shape index (κ1) is 16.2. The number of hydrogen-bond donors (Lipinski definition) is 2. The lowest BCUT2D eigenvalue weighted by atomic mass is 10.1. The summed E-state index contributed by atoms with van der Waals surface area (Å²) in [4.78, 5) is 22.6. The van der Waals surface area contributed by atoms with Gasteiger partial charge in [0.25, 0.3) is 0 Å². The van der Waals surface area contributed by atoms with Crippen LogP contribution in [-0.2, 0) is 20.7 Å². The highest BCUT2D eigenvalue weighted by atomic mass is 16.5. The van der Waals surface area contributed by atoms with Crippen molar-refractivity contribution in [2.75, 3.05) is 19.0 Å². The molecule has 1 aromatic carbocycles. The molecular formula is C15H17N3O3. The monoisotopic (exact) mass is 287 g/mol. The third-order valence-corrected chi connectivity index (χ3v) is 2.60. The normalized spacial score (nSPS) is 10.4. The zero-order valence-corrected chi connectivity index (χ0v) is 12.0. The molecule has 2 N–H and O–H groups in total. The summed E-state index contributed by atoms with van der Waals surface area (Å²) in [5, 5.41) is 14.3. The fourth-order valence-electron chi connectivity index (χ4n) is 1.49. The van der Waals surface area contributed by atoms with E-state index in [9.17, 15) is 9.59 Å². The molecule has 1 rings (SSSR count). The number of benzene rings is 1. The molecule has 0 heterocycles. The van der Waals surface area contributed by atoms with Crippen molar-refractivity contribution < 1.29 is 14.3 Å². The van der Waals surface area contributed by atoms with Gasteiger partial charge >= 0.3 is 5.97 Å². The van der Waals surface area contributed by atoms with E-state index in [2.05, 4.69) is 10.6 Å². The second-order valence-electron chi connectivity index (χ2n) is 4.08. The maximum Gasteiger partial charge on any atom is 0.350 e. The van der Waals surface area contributed by atoms with Gasteiger partial charge in [-0.1, -0.05) is 12.1 Å². The van der Waals surface area contributed by atoms with Gasteiger partial charge in [0.1, 0.15) is 6.07 Å². The molecule has 0 aliphatic heterocycles. The maximum absolute atomic E-state index is 11.4. The van der Waals surface area contributed by atoms with Crippen LogP contribution in [0.5, 0.6) is 0 Å². The summed E-state index contributed by atoms with van der Waals surface area (Å²) in [6, 6.07) is 8.88. The molecule has 0 radical (unpaired) electrons. The van der Waals surface area contributed by atoms with Crippen LogP contribution in [0.15, 0.2) is 36.0 Å². The third kappa shape index (κ3) is 5.37. The van der Waals surface area contributed by atoms with Crippen molar-refractivity contribution in [3.63, 3.8) is 0 Å². The molecule has 0 aromatic heterocycles. The largest absolute Gasteiger partial charge is 0.462 e. The average Bonchev–Trinajstić information content (AvgIpc) is 2.49. The minimum absolute atomic E-state index is 0.0651. The van der Waals surface area contributed by atoms with E-state index in [1.807, 2.05) is 0 Å². The standard InChI is InChI=1S/C15H17N3O3/c1-3-21-15(20)12(9-16)10-18-13-6-4-11(5-7-13)8-14(19)17-2/h4-7,10,18H,3,8H2,1-2H3,(H,17,19)/b12-10-. The summed E-state index contributed by atoms with van der Waals surface area (Å²) in [5.41, 5.74) is 1.47. The summed E-state index contributed by atoms with van der Waals surface area (Å²) >= 11 is 0. The van der Waals surface area contributed by atoms with Crippen LogP contribution in [0, 0.1) is 11.3 Å². The predicted molar refractivity (Wildman–Crippen MR) is 78.2 cm³/mol. The second-order valence-corrected chi connectivity index (χ2v) is 4.08. The van der Waals surface area contributed by atoms with E-state index in [0.717, 1.165) is 5.56 Å². The SMILES string of the molecule is CCOC(=O)/C(C#N)=C\Nc1ccc(CC(=O)NC)cc1. The van der Waals surface area contributed by atoms with Gasteiger partial charge in [-0.25, -0.2) is 4.79 Å². The fraction of sp³-hybridized carbons (Fsp3) is 0.267. The van der Waals surface area contributed by atoms with Crippen LogP contribution in [0.1, 0.15) is 12.5 Å². The van der Waals surface area contributed by atoms with Gasteiger partial charge < -0.3 is 15.4 Å². The zero-order chi connectivity index (χ0) is 15.7. The number of amides is 1. The fourth-order valence-corrected chi connectivity index (χ4v) is 1.49. The molecule has 6 nitrogen and oxygen atoms in total. The lowest BCUT2D eigenvalue weighted by molar-refractivity contribution is -0.138. The van der Waals surface area contributed by atoms with Gasteiger partial charge in [-0.05, 0) is 24.6 Å². The molecule has 0 aliphatic rings. The Kier molecular flexibility index (Phi) is 6.48. The molecule has 0 saturated carbocycles. The van der Waals surface area contributed by atoms with Crippen molar-refractivity contribution in [1.82, 2.24) is 5.32 Å². The van der Waals surface area contributed by atoms with Crippen molar-refractivity contribution in [2.45, 2.75) is 13.3 Å². The number of carbonyl (C=O) groups is 2. The quantitative estimate of drug-likeness (QED) is 0.468. The summed E-state index contributed by atoms with van der Waals surface area (Å²) in [5.74, 6) is -0.728. The first-order chi connectivity index (χ1) is 10.1. The molecule has 0 fully saturated rings. The van der Waals surface area contributed by atoms with Gasteiger partial charge in [-0.15, -0.1) is 0 Å². The molecule has 0 atom stereocenters. The Morgan fingerprint density at radius 1 is 1.33 bits per heavy atom. The molecule has 1 amide bonds. The number of rotatable bonds is 6. The highest BCUT2D eigenvalue weighted by Crippen LogP contribution is 2.11. The van der Waals surface area contributed by atoms with Crippen molar-refractivity contribution in [3.05, 3.63) is 41.6 Å². The topological polar surface area (TPSA) is 91.2 Å². The molecular weight excluding hydrogens is 270 g/mol. The predicted octanol–water partition coefficient (Wildman–Crippen LogP) is 1.36. The molecule has 0 bridgehead atoms. The first-order valence-electron chi connectivity index (χ1n) is 6.44. The van der Waals surface area contributed by atoms with Crippen molar-refractivity contribution in [2.24, 2.45) is 0 Å². The summed E-state index contributed by atoms with van der Waals surface area (Å²) < 4.78 is 4.74. The first-order valence-corrected chi connectivity index (χ1v) is 6.44. The van der Waals surface area contributed by atoms with E-state index in [0.29, 0.717) is 12.1 Å². The van der Waals surface area contributed by atoms with Crippen LogP contribution in [0.3, 0.4) is 0 Å². The number of likely N-dealkylation sites (N-methyl/N-ethyl adjacent to an activating group) is 1. The van der Waals surface area contributed by atoms with Crippen LogP contribution in [-0.4, -0.2) is 25.5 Å². The zero-order valence-electron chi connectivity index (χ0n) is 12.0. The third-order valence-electron chi connectivity index (χ3n) is 2.60. The van der Waals surface area contributed by atoms with Crippen LogP contribution in [0.2, 0.25) is 0 Å². The minimum atomic E-state index is -0.663. The van der Waals surface area contributed by atoms with E-state index in [-0.39, 0.29) is 18.1 Å². The van der Waals surface area contributed by atoms with E-state index >= 15 is 0 Å². The van der Waals surface area contributed by atoms with Gasteiger partial charge in [0.05, 0.1) is 13.0 Å². The van der Waals surface area contributed by atoms with E-state index in [1.165, 1.54) is 6.20 Å². The number of hydrogen-bond acceptors (Lipinski definition) is 5. The highest BCUT2D eigenvalue weighted by Gasteiger charge is 2.09. The Labute approximate surface area is 123 Å². The highest BCUT2D eigenvalue weighted by molar-refractivity contribution is 5.93. The van der Waals surface area contributed by atoms with Gasteiger partial charge in [-0.3, -0.25) is 4.79 Å². The van der Waals surface area contributed by atoms with Crippen LogP contribution < -0.4 is 10.6 Å². The smallest absolute Gasteiger partial charge is 0.350 e. The molecule has 21 heavy (non-hydrogen) atoms. The number of ether oxygens (including phenoxy) is 1. The molecule has 6 heteroatoms. The summed E-state index contributed by atoms with van der Waals surface area (Å²) in [7, 11) is 1.59. The number of nitrogens with one attached hydrogen (secondary N) is 2. The summed E-state index contributed by atoms with van der Waals surface area (Å²) in [6.45, 7) is 1.89. The number of nitriles is 1. The van der Waals surface area contributed by atoms with Crippen LogP contribution >= 0.6 is 0 Å². The lowest BCUT2D eigenvalue weighted by Gasteiger charge is -2.05. The van der Waals surface area contributed by atoms with Crippen molar-refractivity contribution in [3.8, 4) is 6.07 Å². The molecule has 0 unspecified atom stereocenters. The van der Waals surface area contributed by atoms with Crippen molar-refractivity contribution in [1.29, 1.82) is 5.26 Å². The molecule has 0 saturated heterocycles. The maximum atomic E-state index is 11.4. The van der Waals surface area contributed by atoms with Crippen LogP contribution in [0.4, 0.5) is 5.69 Å². The van der Waals surface area contributed by atoms with Gasteiger partial charge in [0, 0.05) is 18.9 Å². The second kappa shape index (κ2) is 8.38. The number of carbonyl (C=O) groups excluding carboxylic acids is 2. The Morgan fingerprint density at radius 2 is 2.00 bits per heavy atom. The Morgan fingerprint density at radius 3 is 2.52 bits per heavy atom.